The van der Waals surface area contributed by atoms with Gasteiger partial charge in [-0.05, 0) is 26.2 Å². The Morgan fingerprint density at radius 3 is 2.69 bits per heavy atom. The molecule has 1 rings (SSSR count). The van der Waals surface area contributed by atoms with Crippen LogP contribution in [0, 0.1) is 0 Å². The van der Waals surface area contributed by atoms with Crippen LogP contribution in [0.25, 0.3) is 0 Å². The zero-order valence-electron chi connectivity index (χ0n) is 8.92. The smallest absolute Gasteiger partial charge is 0.0693 e. The molecule has 1 aliphatic rings. The highest BCUT2D eigenvalue weighted by Crippen LogP contribution is 2.19. The average Bonchev–Trinajstić information content (AvgIpc) is 2.09. The summed E-state index contributed by atoms with van der Waals surface area (Å²) in [6, 6.07) is 0.915. The Balaban J connectivity index is 2.25. The Bertz CT molecular complexity index is 138. The van der Waals surface area contributed by atoms with E-state index in [0.29, 0.717) is 12.1 Å². The summed E-state index contributed by atoms with van der Waals surface area (Å²) in [6.45, 7) is 4.42. The Morgan fingerprint density at radius 2 is 2.08 bits per heavy atom. The van der Waals surface area contributed by atoms with Crippen molar-refractivity contribution < 1.29 is 5.11 Å². The van der Waals surface area contributed by atoms with E-state index in [-0.39, 0.29) is 6.10 Å². The van der Waals surface area contributed by atoms with E-state index in [1.54, 1.807) is 0 Å². The van der Waals surface area contributed by atoms with E-state index in [1.807, 2.05) is 0 Å². The quantitative estimate of drug-likeness (QED) is 0.702. The van der Waals surface area contributed by atoms with E-state index < -0.39 is 0 Å². The van der Waals surface area contributed by atoms with Gasteiger partial charge in [0, 0.05) is 12.1 Å². The highest BCUT2D eigenvalue weighted by atomic mass is 16.3. The molecule has 2 nitrogen and oxygen atoms in total. The fourth-order valence-corrected chi connectivity index (χ4v) is 2.19. The van der Waals surface area contributed by atoms with Gasteiger partial charge in [0.25, 0.3) is 0 Å². The predicted molar refractivity (Wildman–Crippen MR) is 55.8 cm³/mol. The van der Waals surface area contributed by atoms with Crippen LogP contribution in [0.15, 0.2) is 0 Å². The molecule has 0 aromatic heterocycles. The summed E-state index contributed by atoms with van der Waals surface area (Å²) in [5.41, 5.74) is 0. The van der Waals surface area contributed by atoms with Gasteiger partial charge in [-0.2, -0.15) is 0 Å². The van der Waals surface area contributed by atoms with Crippen molar-refractivity contribution in [2.24, 2.45) is 0 Å². The normalized spacial score (nSPS) is 31.6. The molecule has 3 atom stereocenters. The number of hydrogen-bond acceptors (Lipinski definition) is 2. The molecule has 0 aromatic carbocycles. The van der Waals surface area contributed by atoms with E-state index in [2.05, 4.69) is 19.2 Å². The van der Waals surface area contributed by atoms with E-state index in [1.165, 1.54) is 25.7 Å². The molecular weight excluding hydrogens is 162 g/mol. The Kier molecular flexibility index (Phi) is 4.74. The van der Waals surface area contributed by atoms with Gasteiger partial charge < -0.3 is 10.4 Å². The lowest BCUT2D eigenvalue weighted by molar-refractivity contribution is 0.0853. The maximum Gasteiger partial charge on any atom is 0.0693 e. The van der Waals surface area contributed by atoms with Gasteiger partial charge in [-0.3, -0.25) is 0 Å². The summed E-state index contributed by atoms with van der Waals surface area (Å²) in [5, 5.41) is 13.2. The molecule has 2 unspecified atom stereocenters. The highest BCUT2D eigenvalue weighted by molar-refractivity contribution is 4.82. The van der Waals surface area contributed by atoms with Crippen LogP contribution in [0.3, 0.4) is 0 Å². The molecule has 0 aliphatic heterocycles. The van der Waals surface area contributed by atoms with Gasteiger partial charge in [0.05, 0.1) is 6.10 Å². The van der Waals surface area contributed by atoms with Crippen LogP contribution < -0.4 is 5.32 Å². The van der Waals surface area contributed by atoms with E-state index >= 15 is 0 Å². The Morgan fingerprint density at radius 1 is 1.38 bits per heavy atom. The lowest BCUT2D eigenvalue weighted by Gasteiger charge is -2.31. The van der Waals surface area contributed by atoms with Crippen LogP contribution in [0.4, 0.5) is 0 Å². The van der Waals surface area contributed by atoms with Crippen LogP contribution >= 0.6 is 0 Å². The van der Waals surface area contributed by atoms with Crippen LogP contribution in [-0.4, -0.2) is 23.3 Å². The first-order valence-corrected chi connectivity index (χ1v) is 5.68. The van der Waals surface area contributed by atoms with E-state index in [9.17, 15) is 5.11 Å². The van der Waals surface area contributed by atoms with Crippen LogP contribution in [0.2, 0.25) is 0 Å². The SMILES string of the molecule is CCCC(C)NC1CCCC[C@H]1O. The molecule has 78 valence electrons. The first-order valence-electron chi connectivity index (χ1n) is 5.68. The third kappa shape index (κ3) is 3.65. The summed E-state index contributed by atoms with van der Waals surface area (Å²) in [6.07, 6.45) is 6.93. The highest BCUT2D eigenvalue weighted by Gasteiger charge is 2.23. The largest absolute Gasteiger partial charge is 0.392 e. The minimum absolute atomic E-state index is 0.104. The minimum Gasteiger partial charge on any atom is -0.392 e. The van der Waals surface area contributed by atoms with Gasteiger partial charge in [0.2, 0.25) is 0 Å². The topological polar surface area (TPSA) is 32.3 Å². The molecule has 1 aliphatic carbocycles. The number of aliphatic hydroxyl groups excluding tert-OH is 1. The predicted octanol–water partition coefficient (Wildman–Crippen LogP) is 2.07. The van der Waals surface area contributed by atoms with Crippen LogP contribution in [0.5, 0.6) is 0 Å². The monoisotopic (exact) mass is 185 g/mol. The molecule has 0 amide bonds. The van der Waals surface area contributed by atoms with Crippen molar-refractivity contribution in [3.8, 4) is 0 Å². The first-order chi connectivity index (χ1) is 6.24. The van der Waals surface area contributed by atoms with Gasteiger partial charge in [-0.15, -0.1) is 0 Å². The van der Waals surface area contributed by atoms with Crippen molar-refractivity contribution >= 4 is 0 Å². The van der Waals surface area contributed by atoms with E-state index in [0.717, 1.165) is 12.8 Å². The second kappa shape index (κ2) is 5.61. The lowest BCUT2D eigenvalue weighted by Crippen LogP contribution is -2.46. The number of aliphatic hydroxyl groups is 1. The van der Waals surface area contributed by atoms with Gasteiger partial charge >= 0.3 is 0 Å². The second-order valence-corrected chi connectivity index (χ2v) is 4.31. The van der Waals surface area contributed by atoms with Gasteiger partial charge in [0.1, 0.15) is 0 Å². The Hall–Kier alpha value is -0.0800. The summed E-state index contributed by atoms with van der Waals surface area (Å²) in [5.74, 6) is 0. The molecule has 2 heteroatoms. The number of hydrogen-bond donors (Lipinski definition) is 2. The fraction of sp³-hybridized carbons (Fsp3) is 1.00. The molecule has 1 fully saturated rings. The number of rotatable bonds is 4. The Labute approximate surface area is 81.7 Å². The minimum atomic E-state index is -0.104. The molecule has 0 bridgehead atoms. The number of nitrogens with one attached hydrogen (secondary N) is 1. The van der Waals surface area contributed by atoms with Gasteiger partial charge in [0.15, 0.2) is 0 Å². The summed E-state index contributed by atoms with van der Waals surface area (Å²) in [4.78, 5) is 0. The fourth-order valence-electron chi connectivity index (χ4n) is 2.19. The second-order valence-electron chi connectivity index (χ2n) is 4.31. The van der Waals surface area contributed by atoms with Crippen molar-refractivity contribution in [3.63, 3.8) is 0 Å². The maximum atomic E-state index is 9.72. The third-order valence-corrected chi connectivity index (χ3v) is 2.95. The first kappa shape index (κ1) is 11.0. The molecule has 13 heavy (non-hydrogen) atoms. The summed E-state index contributed by atoms with van der Waals surface area (Å²) >= 11 is 0. The molecule has 0 heterocycles. The van der Waals surface area contributed by atoms with Crippen molar-refractivity contribution in [1.82, 2.24) is 5.32 Å². The third-order valence-electron chi connectivity index (χ3n) is 2.95. The van der Waals surface area contributed by atoms with Gasteiger partial charge in [-0.25, -0.2) is 0 Å². The van der Waals surface area contributed by atoms with Crippen molar-refractivity contribution in [3.05, 3.63) is 0 Å². The molecule has 0 spiro atoms. The standard InChI is InChI=1S/C11H23NO/c1-3-6-9(2)12-10-7-4-5-8-11(10)13/h9-13H,3-8H2,1-2H3/t9?,10?,11-/m1/s1. The summed E-state index contributed by atoms with van der Waals surface area (Å²) < 4.78 is 0. The molecule has 0 radical (unpaired) electrons. The zero-order valence-corrected chi connectivity index (χ0v) is 8.92. The molecule has 1 saturated carbocycles. The maximum absolute atomic E-state index is 9.72. The van der Waals surface area contributed by atoms with Crippen molar-refractivity contribution in [2.75, 3.05) is 0 Å². The lowest BCUT2D eigenvalue weighted by atomic mass is 9.92. The molecule has 0 aromatic rings. The van der Waals surface area contributed by atoms with Crippen molar-refractivity contribution in [1.29, 1.82) is 0 Å². The zero-order chi connectivity index (χ0) is 9.68. The molecule has 2 N–H and O–H groups in total. The van der Waals surface area contributed by atoms with Gasteiger partial charge in [-0.1, -0.05) is 26.2 Å². The average molecular weight is 185 g/mol. The molecule has 0 saturated heterocycles. The summed E-state index contributed by atoms with van der Waals surface area (Å²) in [7, 11) is 0. The van der Waals surface area contributed by atoms with Crippen molar-refractivity contribution in [2.45, 2.75) is 70.6 Å². The van der Waals surface area contributed by atoms with Crippen LogP contribution in [-0.2, 0) is 0 Å². The van der Waals surface area contributed by atoms with Crippen LogP contribution in [0.1, 0.15) is 52.4 Å². The molecular formula is C11H23NO. The van der Waals surface area contributed by atoms with E-state index in [4.69, 9.17) is 0 Å².